The molecule has 7 nitrogen and oxygen atoms in total. The maximum Gasteiger partial charge on any atom is 0.341 e. The Labute approximate surface area is 202 Å². The van der Waals surface area contributed by atoms with Crippen molar-refractivity contribution >= 4 is 39.7 Å². The largest absolute Gasteiger partial charge is 0.459 e. The van der Waals surface area contributed by atoms with Crippen LogP contribution in [0.25, 0.3) is 5.00 Å². The summed E-state index contributed by atoms with van der Waals surface area (Å²) in [5, 5.41) is 7.57. The van der Waals surface area contributed by atoms with Gasteiger partial charge in [0.15, 0.2) is 0 Å². The highest BCUT2D eigenvalue weighted by atomic mass is 32.1. The third-order valence-electron chi connectivity index (χ3n) is 5.76. The lowest BCUT2D eigenvalue weighted by atomic mass is 10.0. The Balaban J connectivity index is 1.53. The number of likely N-dealkylation sites (N-methyl/N-ethyl adjacent to an activating group) is 1. The van der Waals surface area contributed by atoms with Gasteiger partial charge in [0.1, 0.15) is 10.0 Å². The van der Waals surface area contributed by atoms with E-state index in [-0.39, 0.29) is 12.1 Å². The number of nitrogens with one attached hydrogen (secondary N) is 2. The smallest absolute Gasteiger partial charge is 0.341 e. The van der Waals surface area contributed by atoms with Crippen LogP contribution in [0.3, 0.4) is 0 Å². The van der Waals surface area contributed by atoms with Crippen LogP contribution in [0, 0.1) is 13.8 Å². The molecule has 9 heteroatoms. The second-order valence-electron chi connectivity index (χ2n) is 8.61. The predicted molar refractivity (Wildman–Crippen MR) is 134 cm³/mol. The monoisotopic (exact) mass is 486 g/mol. The fourth-order valence-corrected chi connectivity index (χ4v) is 6.45. The van der Waals surface area contributed by atoms with Gasteiger partial charge in [-0.2, -0.15) is 0 Å². The molecular formula is C24H30N4O3S2. The molecule has 0 radical (unpaired) electrons. The summed E-state index contributed by atoms with van der Waals surface area (Å²) in [5.41, 5.74) is 3.77. The molecule has 0 fully saturated rings. The molecule has 2 amide bonds. The van der Waals surface area contributed by atoms with Gasteiger partial charge in [-0.25, -0.2) is 9.59 Å². The minimum Gasteiger partial charge on any atom is -0.459 e. The molecule has 0 saturated carbocycles. The van der Waals surface area contributed by atoms with Crippen molar-refractivity contribution < 1.29 is 14.3 Å². The predicted octanol–water partition coefficient (Wildman–Crippen LogP) is 5.09. The average Bonchev–Trinajstić information content (AvgIpc) is 3.44. The van der Waals surface area contributed by atoms with E-state index in [1.807, 2.05) is 52.2 Å². The molecule has 2 N–H and O–H groups in total. The Morgan fingerprint density at radius 2 is 1.91 bits per heavy atom. The van der Waals surface area contributed by atoms with E-state index in [0.29, 0.717) is 17.1 Å². The third kappa shape index (κ3) is 5.00. The molecule has 0 atom stereocenters. The van der Waals surface area contributed by atoms with Crippen LogP contribution in [0.4, 0.5) is 9.80 Å². The van der Waals surface area contributed by atoms with E-state index in [1.165, 1.54) is 21.8 Å². The van der Waals surface area contributed by atoms with Crippen LogP contribution in [0.1, 0.15) is 50.7 Å². The van der Waals surface area contributed by atoms with Crippen LogP contribution in [0.15, 0.2) is 24.5 Å². The summed E-state index contributed by atoms with van der Waals surface area (Å²) in [7, 11) is 2.14. The number of fused-ring (bicyclic) bond motifs is 1. The SMILES string of the molecule is Cc1sc(NC(=O)NCc2c(-n3cccc3)sc3c2CCN(C)C3)c(C(=O)OC(C)C)c1C. The van der Waals surface area contributed by atoms with Gasteiger partial charge in [-0.3, -0.25) is 5.32 Å². The van der Waals surface area contributed by atoms with Crippen LogP contribution in [0.2, 0.25) is 0 Å². The molecule has 33 heavy (non-hydrogen) atoms. The van der Waals surface area contributed by atoms with E-state index in [1.54, 1.807) is 11.3 Å². The first-order chi connectivity index (χ1) is 15.7. The van der Waals surface area contributed by atoms with E-state index in [0.717, 1.165) is 40.5 Å². The summed E-state index contributed by atoms with van der Waals surface area (Å²) in [6.07, 6.45) is 4.81. The van der Waals surface area contributed by atoms with Crippen LogP contribution >= 0.6 is 22.7 Å². The van der Waals surface area contributed by atoms with Crippen LogP contribution in [0.5, 0.6) is 0 Å². The summed E-state index contributed by atoms with van der Waals surface area (Å²) in [5.74, 6) is -0.409. The molecule has 0 unspecified atom stereocenters. The number of carbonyl (C=O) groups is 2. The van der Waals surface area contributed by atoms with E-state index in [4.69, 9.17) is 4.74 Å². The van der Waals surface area contributed by atoms with Gasteiger partial charge in [-0.05, 0) is 64.4 Å². The molecule has 3 aromatic rings. The number of hydrogen-bond acceptors (Lipinski definition) is 6. The maximum atomic E-state index is 12.9. The fraction of sp³-hybridized carbons (Fsp3) is 0.417. The molecule has 0 spiro atoms. The Hall–Kier alpha value is -2.62. The highest BCUT2D eigenvalue weighted by Crippen LogP contribution is 2.36. The Kier molecular flexibility index (Phi) is 6.92. The summed E-state index contributed by atoms with van der Waals surface area (Å²) >= 11 is 3.18. The molecule has 0 saturated heterocycles. The van der Waals surface area contributed by atoms with Gasteiger partial charge in [-0.1, -0.05) is 0 Å². The lowest BCUT2D eigenvalue weighted by molar-refractivity contribution is 0.0379. The van der Waals surface area contributed by atoms with Gasteiger partial charge in [0.05, 0.1) is 11.7 Å². The maximum absolute atomic E-state index is 12.9. The highest BCUT2D eigenvalue weighted by Gasteiger charge is 2.25. The Bertz CT molecular complexity index is 1160. The van der Waals surface area contributed by atoms with Crippen molar-refractivity contribution in [3.05, 3.63) is 56.5 Å². The molecule has 4 rings (SSSR count). The van der Waals surface area contributed by atoms with Gasteiger partial charge in [-0.15, -0.1) is 22.7 Å². The fourth-order valence-electron chi connectivity index (χ4n) is 3.99. The standard InChI is InChI=1S/C24H30N4O3S2/c1-14(2)31-23(29)20-15(3)16(4)32-21(20)26-24(30)25-12-18-17-8-11-27(5)13-19(17)33-22(18)28-9-6-7-10-28/h6-7,9-10,14H,8,11-13H2,1-5H3,(H2,25,26,30). The van der Waals surface area contributed by atoms with Crippen molar-refractivity contribution in [2.45, 2.75) is 53.3 Å². The Morgan fingerprint density at radius 1 is 1.18 bits per heavy atom. The number of amides is 2. The molecule has 3 aromatic heterocycles. The van der Waals surface area contributed by atoms with Crippen molar-refractivity contribution in [2.24, 2.45) is 0 Å². The molecule has 0 bridgehead atoms. The number of carbonyl (C=O) groups excluding carboxylic acids is 2. The highest BCUT2D eigenvalue weighted by molar-refractivity contribution is 7.16. The van der Waals surface area contributed by atoms with Crippen molar-refractivity contribution in [3.63, 3.8) is 0 Å². The van der Waals surface area contributed by atoms with Gasteiger partial charge >= 0.3 is 12.0 Å². The summed E-state index contributed by atoms with van der Waals surface area (Å²) in [6.45, 7) is 9.79. The number of nitrogens with zero attached hydrogens (tertiary/aromatic N) is 2. The minimum absolute atomic E-state index is 0.227. The van der Waals surface area contributed by atoms with E-state index < -0.39 is 5.97 Å². The number of thiophene rings is 2. The first-order valence-electron chi connectivity index (χ1n) is 11.1. The minimum atomic E-state index is -0.409. The van der Waals surface area contributed by atoms with Gasteiger partial charge < -0.3 is 19.5 Å². The summed E-state index contributed by atoms with van der Waals surface area (Å²) in [4.78, 5) is 30.1. The lowest BCUT2D eigenvalue weighted by Crippen LogP contribution is -2.30. The quantitative estimate of drug-likeness (QED) is 0.476. The van der Waals surface area contributed by atoms with Crippen molar-refractivity contribution in [2.75, 3.05) is 18.9 Å². The topological polar surface area (TPSA) is 75.6 Å². The zero-order valence-corrected chi connectivity index (χ0v) is 21.3. The number of aryl methyl sites for hydroxylation is 1. The third-order valence-corrected chi connectivity index (χ3v) is 8.16. The van der Waals surface area contributed by atoms with Crippen molar-refractivity contribution in [3.8, 4) is 5.00 Å². The number of aromatic nitrogens is 1. The van der Waals surface area contributed by atoms with Gasteiger partial charge in [0.2, 0.25) is 0 Å². The second kappa shape index (κ2) is 9.70. The molecule has 4 heterocycles. The van der Waals surface area contributed by atoms with Crippen LogP contribution in [-0.4, -0.2) is 41.2 Å². The molecule has 0 aromatic carbocycles. The van der Waals surface area contributed by atoms with Crippen molar-refractivity contribution in [1.82, 2.24) is 14.8 Å². The molecule has 0 aliphatic carbocycles. The van der Waals surface area contributed by atoms with Crippen LogP contribution < -0.4 is 10.6 Å². The molecule has 1 aliphatic heterocycles. The van der Waals surface area contributed by atoms with Crippen LogP contribution in [-0.2, 0) is 24.2 Å². The average molecular weight is 487 g/mol. The molecular weight excluding hydrogens is 456 g/mol. The number of anilines is 1. The number of esters is 1. The first-order valence-corrected chi connectivity index (χ1v) is 12.7. The summed E-state index contributed by atoms with van der Waals surface area (Å²) in [6, 6.07) is 3.68. The zero-order chi connectivity index (χ0) is 23.7. The molecule has 176 valence electrons. The van der Waals surface area contributed by atoms with E-state index in [9.17, 15) is 9.59 Å². The van der Waals surface area contributed by atoms with Gasteiger partial charge in [0.25, 0.3) is 0 Å². The van der Waals surface area contributed by atoms with E-state index >= 15 is 0 Å². The van der Waals surface area contributed by atoms with Crippen molar-refractivity contribution in [1.29, 1.82) is 0 Å². The lowest BCUT2D eigenvalue weighted by Gasteiger charge is -2.22. The van der Waals surface area contributed by atoms with Gasteiger partial charge in [0, 0.05) is 47.3 Å². The first kappa shape index (κ1) is 23.5. The zero-order valence-electron chi connectivity index (χ0n) is 19.7. The number of hydrogen-bond donors (Lipinski definition) is 2. The number of rotatable bonds is 6. The normalized spacial score (nSPS) is 13.8. The Morgan fingerprint density at radius 3 is 2.61 bits per heavy atom. The van der Waals surface area contributed by atoms with E-state index in [2.05, 4.69) is 27.1 Å². The number of ether oxygens (including phenoxy) is 1. The number of urea groups is 1. The second-order valence-corrected chi connectivity index (χ2v) is 10.9. The summed E-state index contributed by atoms with van der Waals surface area (Å²) < 4.78 is 7.51. The molecule has 1 aliphatic rings.